The smallest absolute Gasteiger partial charge is 0.472 e. The number of unbranched alkanes of at least 4 members (excludes halogenated alkanes) is 22. The van der Waals surface area contributed by atoms with E-state index in [0.29, 0.717) is 29.5 Å². The number of fused-ring (bicyclic) bond motifs is 6. The van der Waals surface area contributed by atoms with Crippen molar-refractivity contribution in [1.29, 1.82) is 0 Å². The van der Waals surface area contributed by atoms with Crippen molar-refractivity contribution < 1.29 is 66.8 Å². The van der Waals surface area contributed by atoms with Crippen LogP contribution in [0.15, 0.2) is 78.9 Å². The normalized spacial score (nSPS) is 14.4. The number of esters is 3. The Morgan fingerprint density at radius 1 is 0.603 bits per heavy atom. The van der Waals surface area contributed by atoms with Crippen LogP contribution in [0.4, 0.5) is 0 Å². The molecule has 1 unspecified atom stereocenters. The van der Waals surface area contributed by atoms with E-state index in [0.717, 1.165) is 77.0 Å². The van der Waals surface area contributed by atoms with Crippen LogP contribution in [0.25, 0.3) is 0 Å². The molecule has 3 aromatic rings. The summed E-state index contributed by atoms with van der Waals surface area (Å²) < 4.78 is 46.6. The first-order valence-corrected chi connectivity index (χ1v) is 30.6. The summed E-state index contributed by atoms with van der Waals surface area (Å²) >= 11 is 0. The molecular formula is C62H88NO14P. The van der Waals surface area contributed by atoms with Crippen molar-refractivity contribution in [1.82, 2.24) is 5.32 Å². The second kappa shape index (κ2) is 35.2. The van der Waals surface area contributed by atoms with E-state index in [9.17, 15) is 38.8 Å². The molecule has 0 bridgehead atoms. The second-order valence-electron chi connectivity index (χ2n) is 20.6. The lowest BCUT2D eigenvalue weighted by Crippen LogP contribution is -2.33. The molecule has 0 radical (unpaired) electrons. The SMILES string of the molecule is CCCCCCCC/C=C\CCCCCCCC(=O)OC[C@H](COP(=O)(O)OCCNC(=O)c1ccc2c(c1)C(=O)OC21c2ccc(O)cc2Oc2cc(O)ccc21)OC(=O)CCCCCCC/C=C\CCCCCCCC. The molecule has 4 N–H and O–H groups in total. The molecule has 16 heteroatoms. The predicted molar refractivity (Wildman–Crippen MR) is 302 cm³/mol. The van der Waals surface area contributed by atoms with Gasteiger partial charge in [0.25, 0.3) is 5.91 Å². The van der Waals surface area contributed by atoms with E-state index >= 15 is 0 Å². The molecule has 0 saturated carbocycles. The zero-order chi connectivity index (χ0) is 55.9. The van der Waals surface area contributed by atoms with Crippen LogP contribution in [-0.2, 0) is 43.0 Å². The molecule has 2 atom stereocenters. The Bertz CT molecular complexity index is 2380. The third-order valence-corrected chi connectivity index (χ3v) is 15.1. The van der Waals surface area contributed by atoms with Crippen molar-refractivity contribution in [3.8, 4) is 23.0 Å². The maximum Gasteiger partial charge on any atom is 0.472 e. The Morgan fingerprint density at radius 3 is 1.60 bits per heavy atom. The summed E-state index contributed by atoms with van der Waals surface area (Å²) in [5.74, 6) is -2.09. The third-order valence-electron chi connectivity index (χ3n) is 14.1. The predicted octanol–water partition coefficient (Wildman–Crippen LogP) is 15.1. The number of allylic oxidation sites excluding steroid dienone is 4. The number of rotatable bonds is 41. The molecular weight excluding hydrogens is 1010 g/mol. The third kappa shape index (κ3) is 21.6. The minimum atomic E-state index is -4.76. The summed E-state index contributed by atoms with van der Waals surface area (Å²) in [6.45, 7) is 2.83. The van der Waals surface area contributed by atoms with Gasteiger partial charge in [-0.2, -0.15) is 0 Å². The second-order valence-corrected chi connectivity index (χ2v) is 22.1. The monoisotopic (exact) mass is 1100 g/mol. The first-order chi connectivity index (χ1) is 37.9. The number of hydrogen-bond acceptors (Lipinski definition) is 13. The van der Waals surface area contributed by atoms with Gasteiger partial charge in [-0.05, 0) is 101 Å². The van der Waals surface area contributed by atoms with Crippen LogP contribution < -0.4 is 10.1 Å². The largest absolute Gasteiger partial charge is 0.508 e. The molecule has 0 fully saturated rings. The van der Waals surface area contributed by atoms with Crippen LogP contribution in [0.2, 0.25) is 0 Å². The highest BCUT2D eigenvalue weighted by Gasteiger charge is 2.54. The van der Waals surface area contributed by atoms with Gasteiger partial charge >= 0.3 is 25.7 Å². The number of carbonyl (C=O) groups is 4. The van der Waals surface area contributed by atoms with Crippen molar-refractivity contribution in [3.63, 3.8) is 0 Å². The zero-order valence-corrected chi connectivity index (χ0v) is 47.4. The molecule has 430 valence electrons. The number of phosphoric ester groups is 1. The van der Waals surface area contributed by atoms with Gasteiger partial charge in [0.1, 0.15) is 29.6 Å². The fourth-order valence-electron chi connectivity index (χ4n) is 9.79. The zero-order valence-electron chi connectivity index (χ0n) is 46.5. The summed E-state index contributed by atoms with van der Waals surface area (Å²) in [5, 5.41) is 23.0. The molecule has 1 amide bonds. The molecule has 5 rings (SSSR count). The topological polar surface area (TPSA) is 213 Å². The molecule has 0 saturated heterocycles. The van der Waals surface area contributed by atoms with Crippen molar-refractivity contribution >= 4 is 31.6 Å². The quantitative estimate of drug-likeness (QED) is 0.0137. The minimum absolute atomic E-state index is 0.0847. The number of aromatic hydroxyl groups is 2. The van der Waals surface area contributed by atoms with E-state index in [2.05, 4.69) is 43.5 Å². The summed E-state index contributed by atoms with van der Waals surface area (Å²) in [5.41, 5.74) is -0.0443. The standard InChI is InChI=1S/C62H88NO14P/c1-3-5-7-9-11-13-15-17-19-21-23-25-27-29-31-33-58(66)72-46-51(75-59(67)34-32-30-28-26-24-22-20-18-16-14-12-10-8-6-4-2)47-74-78(70,71)73-42-41-63-60(68)48-35-38-53-52(43-48)61(69)77-62(53)54-39-36-49(64)44-56(54)76-57-45-50(65)37-40-55(57)62/h17-20,35-40,43-45,51,64-65H,3-16,21-34,41-42,46-47H2,1-2H3,(H,63,68)(H,70,71)/b19-17-,20-18-/t51-/m1/s1. The Kier molecular flexibility index (Phi) is 28.6. The number of ether oxygens (including phenoxy) is 4. The van der Waals surface area contributed by atoms with Crippen LogP contribution >= 0.6 is 7.82 Å². The van der Waals surface area contributed by atoms with E-state index in [1.165, 1.54) is 113 Å². The Balaban J connectivity index is 1.05. The lowest BCUT2D eigenvalue weighted by atomic mass is 9.77. The van der Waals surface area contributed by atoms with Crippen LogP contribution in [0.5, 0.6) is 23.0 Å². The maximum absolute atomic E-state index is 13.5. The molecule has 3 aromatic carbocycles. The first kappa shape index (κ1) is 63.4. The van der Waals surface area contributed by atoms with E-state index in [1.807, 2.05) is 0 Å². The highest BCUT2D eigenvalue weighted by atomic mass is 31.2. The van der Waals surface area contributed by atoms with Gasteiger partial charge in [-0.3, -0.25) is 23.4 Å². The van der Waals surface area contributed by atoms with Gasteiger partial charge in [0.2, 0.25) is 0 Å². The van der Waals surface area contributed by atoms with Gasteiger partial charge in [0.15, 0.2) is 11.7 Å². The first-order valence-electron chi connectivity index (χ1n) is 29.1. The van der Waals surface area contributed by atoms with E-state index in [-0.39, 0.29) is 60.1 Å². The number of carbonyl (C=O) groups excluding carboxylic acids is 4. The highest BCUT2D eigenvalue weighted by Crippen LogP contribution is 2.57. The van der Waals surface area contributed by atoms with E-state index < -0.39 is 56.6 Å². The van der Waals surface area contributed by atoms with Crippen molar-refractivity contribution in [2.75, 3.05) is 26.4 Å². The van der Waals surface area contributed by atoms with E-state index in [1.54, 1.807) is 18.2 Å². The van der Waals surface area contributed by atoms with Gasteiger partial charge in [-0.1, -0.05) is 147 Å². The summed E-state index contributed by atoms with van der Waals surface area (Å²) in [7, 11) is -4.76. The van der Waals surface area contributed by atoms with Gasteiger partial charge in [-0.25, -0.2) is 9.36 Å². The Morgan fingerprint density at radius 2 is 1.08 bits per heavy atom. The number of phosphoric acid groups is 1. The number of benzene rings is 3. The lowest BCUT2D eigenvalue weighted by molar-refractivity contribution is -0.161. The fourth-order valence-corrected chi connectivity index (χ4v) is 10.5. The summed E-state index contributed by atoms with van der Waals surface area (Å²) in [4.78, 5) is 63.2. The van der Waals surface area contributed by atoms with Gasteiger partial charge < -0.3 is 39.4 Å². The number of phenolic OH excluding ortho intramolecular Hbond substituents is 2. The Labute approximate surface area is 463 Å². The molecule has 2 aliphatic heterocycles. The Hall–Kier alpha value is -5.47. The van der Waals surface area contributed by atoms with Crippen LogP contribution in [-0.4, -0.2) is 71.4 Å². The van der Waals surface area contributed by atoms with Crippen molar-refractivity contribution in [2.45, 2.75) is 205 Å². The van der Waals surface area contributed by atoms with Crippen molar-refractivity contribution in [2.24, 2.45) is 0 Å². The number of hydrogen-bond donors (Lipinski definition) is 4. The summed E-state index contributed by atoms with van der Waals surface area (Å²) in [6.07, 6.45) is 37.6. The lowest BCUT2D eigenvalue weighted by Gasteiger charge is -2.36. The fraction of sp³-hybridized carbons (Fsp3) is 0.581. The molecule has 0 aromatic heterocycles. The van der Waals surface area contributed by atoms with Crippen LogP contribution in [0.1, 0.15) is 231 Å². The summed E-state index contributed by atoms with van der Waals surface area (Å²) in [6, 6.07) is 13.3. The average Bonchev–Trinajstić information content (AvgIpc) is 3.92. The average molecular weight is 1100 g/mol. The van der Waals surface area contributed by atoms with Crippen LogP contribution in [0.3, 0.4) is 0 Å². The minimum Gasteiger partial charge on any atom is -0.508 e. The number of nitrogens with one attached hydrogen (secondary N) is 1. The molecule has 78 heavy (non-hydrogen) atoms. The van der Waals surface area contributed by atoms with Gasteiger partial charge in [0, 0.05) is 53.8 Å². The van der Waals surface area contributed by atoms with Gasteiger partial charge in [-0.15, -0.1) is 0 Å². The molecule has 0 aliphatic carbocycles. The van der Waals surface area contributed by atoms with Crippen molar-refractivity contribution in [3.05, 3.63) is 107 Å². The van der Waals surface area contributed by atoms with E-state index in [4.69, 9.17) is 28.0 Å². The highest BCUT2D eigenvalue weighted by molar-refractivity contribution is 7.47. The molecule has 15 nitrogen and oxygen atoms in total. The van der Waals surface area contributed by atoms with Gasteiger partial charge in [0.05, 0.1) is 18.8 Å². The maximum atomic E-state index is 13.5. The number of amides is 1. The molecule has 1 spiro atoms. The number of phenols is 2. The molecule has 2 heterocycles. The van der Waals surface area contributed by atoms with Crippen LogP contribution in [0, 0.1) is 0 Å². The molecule has 2 aliphatic rings.